The lowest BCUT2D eigenvalue weighted by molar-refractivity contribution is -0.134. The van der Waals surface area contributed by atoms with Gasteiger partial charge >= 0.3 is 6.09 Å². The fourth-order valence-electron chi connectivity index (χ4n) is 6.53. The first-order valence-corrected chi connectivity index (χ1v) is 17.7. The van der Waals surface area contributed by atoms with Crippen molar-refractivity contribution in [2.45, 2.75) is 82.5 Å². The van der Waals surface area contributed by atoms with E-state index in [2.05, 4.69) is 27.0 Å². The van der Waals surface area contributed by atoms with Gasteiger partial charge in [0.15, 0.2) is 6.29 Å². The molecule has 1 unspecified atom stereocenters. The van der Waals surface area contributed by atoms with Crippen molar-refractivity contribution in [2.24, 2.45) is 0 Å². The summed E-state index contributed by atoms with van der Waals surface area (Å²) in [5.74, 6) is -1.44. The van der Waals surface area contributed by atoms with Crippen LogP contribution in [0.1, 0.15) is 60.9 Å². The summed E-state index contributed by atoms with van der Waals surface area (Å²) in [7, 11) is 4.50. The van der Waals surface area contributed by atoms with Crippen LogP contribution in [0.15, 0.2) is 85.1 Å². The fraction of sp³-hybridized carbons (Fsp3) is 0.400. The van der Waals surface area contributed by atoms with Crippen LogP contribution in [0.25, 0.3) is 10.9 Å². The number of likely N-dealkylation sites (N-methyl/N-ethyl adjacent to an activating group) is 1. The van der Waals surface area contributed by atoms with Crippen molar-refractivity contribution < 1.29 is 33.4 Å². The molecule has 12 nitrogen and oxygen atoms in total. The zero-order valence-electron chi connectivity index (χ0n) is 30.2. The van der Waals surface area contributed by atoms with Gasteiger partial charge < -0.3 is 35.1 Å². The fourth-order valence-corrected chi connectivity index (χ4v) is 6.53. The van der Waals surface area contributed by atoms with Gasteiger partial charge in [0.2, 0.25) is 17.7 Å². The van der Waals surface area contributed by atoms with E-state index >= 15 is 0 Å². The molecule has 276 valence electrons. The Hall–Kier alpha value is -5.20. The van der Waals surface area contributed by atoms with E-state index in [-0.39, 0.29) is 31.4 Å². The van der Waals surface area contributed by atoms with Gasteiger partial charge in [-0.25, -0.2) is 4.79 Å². The normalized spacial score (nSPS) is 15.6. The summed E-state index contributed by atoms with van der Waals surface area (Å²) in [5.41, 5.74) is 4.77. The number of hydrogen-bond donors (Lipinski definition) is 4. The number of methoxy groups -OCH3 is 2. The molecule has 52 heavy (non-hydrogen) atoms. The number of rotatable bonds is 16. The average molecular weight is 712 g/mol. The van der Waals surface area contributed by atoms with E-state index in [0.717, 1.165) is 46.9 Å². The number of H-pyrrole nitrogens is 1. The maximum atomic E-state index is 14.2. The zero-order chi connectivity index (χ0) is 37.0. The van der Waals surface area contributed by atoms with Gasteiger partial charge in [-0.3, -0.25) is 19.3 Å². The van der Waals surface area contributed by atoms with Crippen LogP contribution in [0.3, 0.4) is 0 Å². The third-order valence-corrected chi connectivity index (χ3v) is 9.72. The first-order valence-electron chi connectivity index (χ1n) is 17.7. The van der Waals surface area contributed by atoms with Crippen molar-refractivity contribution in [3.8, 4) is 0 Å². The predicted octanol–water partition coefficient (Wildman–Crippen LogP) is 4.93. The molecule has 4 amide bonds. The van der Waals surface area contributed by atoms with Crippen LogP contribution < -0.4 is 16.0 Å². The molecule has 0 bridgehead atoms. The second-order valence-electron chi connectivity index (χ2n) is 13.1. The largest absolute Gasteiger partial charge is 0.445 e. The monoisotopic (exact) mass is 711 g/mol. The maximum absolute atomic E-state index is 14.2. The number of para-hydroxylation sites is 1. The number of carbonyl (C=O) groups excluding carboxylic acids is 4. The Labute approximate surface area is 304 Å². The Morgan fingerprint density at radius 1 is 0.846 bits per heavy atom. The molecule has 0 aliphatic heterocycles. The van der Waals surface area contributed by atoms with Crippen LogP contribution in [-0.2, 0) is 48.0 Å². The standard InChI is InChI=1S/C40H49N5O7/c1-26(45(2)40(49)52-25-27-13-6-5-7-14-27)37(46)44-35(23-29-24-41-32-19-11-10-18-31(29)32)39(48)43-34(21-22-36(50-3)51-4)38(47)42-33-20-12-16-28-15-8-9-17-30(28)33/h5-11,13-15,17-19,24,26,33-36,41H,12,16,20-23,25H2,1-4H3,(H,42,47)(H,43,48)(H,44,46)/t26-,33+,34?,35-/m0/s1. The van der Waals surface area contributed by atoms with Crippen molar-refractivity contribution in [2.75, 3.05) is 21.3 Å². The summed E-state index contributed by atoms with van der Waals surface area (Å²) in [5, 5.41) is 9.87. The van der Waals surface area contributed by atoms with Gasteiger partial charge in [-0.1, -0.05) is 72.8 Å². The summed E-state index contributed by atoms with van der Waals surface area (Å²) >= 11 is 0. The van der Waals surface area contributed by atoms with Gasteiger partial charge in [-0.05, 0) is 60.9 Å². The molecule has 1 aliphatic rings. The second kappa shape index (κ2) is 18.3. The molecule has 1 aliphatic carbocycles. The molecule has 4 aromatic rings. The number of aromatic amines is 1. The highest BCUT2D eigenvalue weighted by molar-refractivity contribution is 5.94. The molecule has 3 aromatic carbocycles. The van der Waals surface area contributed by atoms with Crippen LogP contribution in [0.2, 0.25) is 0 Å². The Morgan fingerprint density at radius 3 is 2.31 bits per heavy atom. The van der Waals surface area contributed by atoms with Crippen molar-refractivity contribution >= 4 is 34.7 Å². The predicted molar refractivity (Wildman–Crippen MR) is 197 cm³/mol. The molecule has 4 atom stereocenters. The highest BCUT2D eigenvalue weighted by atomic mass is 16.7. The number of nitrogens with one attached hydrogen (secondary N) is 4. The number of amides is 4. The highest BCUT2D eigenvalue weighted by Gasteiger charge is 2.33. The Kier molecular flexibility index (Phi) is 13.4. The van der Waals surface area contributed by atoms with Gasteiger partial charge in [-0.2, -0.15) is 0 Å². The van der Waals surface area contributed by atoms with Gasteiger partial charge in [0, 0.05) is 51.2 Å². The summed E-state index contributed by atoms with van der Waals surface area (Å²) in [6.45, 7) is 1.61. The van der Waals surface area contributed by atoms with Crippen LogP contribution in [0.4, 0.5) is 4.79 Å². The lowest BCUT2D eigenvalue weighted by atomic mass is 9.87. The number of hydrogen-bond acceptors (Lipinski definition) is 7. The van der Waals surface area contributed by atoms with Crippen molar-refractivity contribution in [1.82, 2.24) is 25.8 Å². The van der Waals surface area contributed by atoms with Gasteiger partial charge in [0.1, 0.15) is 24.7 Å². The quantitative estimate of drug-likeness (QED) is 0.120. The topological polar surface area (TPSA) is 151 Å². The Bertz CT molecular complexity index is 1810. The van der Waals surface area contributed by atoms with Crippen LogP contribution in [0, 0.1) is 0 Å². The number of aromatic nitrogens is 1. The molecule has 1 aromatic heterocycles. The lowest BCUT2D eigenvalue weighted by Gasteiger charge is -2.30. The summed E-state index contributed by atoms with van der Waals surface area (Å²) in [4.78, 5) is 59.2. The van der Waals surface area contributed by atoms with E-state index in [1.165, 1.54) is 31.7 Å². The molecule has 5 rings (SSSR count). The van der Waals surface area contributed by atoms with Gasteiger partial charge in [0.05, 0.1) is 6.04 Å². The van der Waals surface area contributed by atoms with Crippen molar-refractivity contribution in [1.29, 1.82) is 0 Å². The van der Waals surface area contributed by atoms with E-state index < -0.39 is 42.3 Å². The molecule has 12 heteroatoms. The SMILES string of the molecule is COC(CCC(NC(=O)[C@H](Cc1c[nH]c2ccccc12)NC(=O)[C@H](C)N(C)C(=O)OCc1ccccc1)C(=O)N[C@@H]1CCCc2ccccc21)OC. The highest BCUT2D eigenvalue weighted by Crippen LogP contribution is 2.29. The van der Waals surface area contributed by atoms with E-state index in [0.29, 0.717) is 6.42 Å². The smallest absolute Gasteiger partial charge is 0.410 e. The maximum Gasteiger partial charge on any atom is 0.410 e. The molecule has 1 heterocycles. The zero-order valence-corrected chi connectivity index (χ0v) is 30.2. The molecule has 0 radical (unpaired) electrons. The van der Waals surface area contributed by atoms with E-state index in [9.17, 15) is 19.2 Å². The molecular formula is C40H49N5O7. The van der Waals surface area contributed by atoms with Crippen molar-refractivity contribution in [3.63, 3.8) is 0 Å². The molecule has 0 fully saturated rings. The van der Waals surface area contributed by atoms with E-state index in [1.807, 2.05) is 72.8 Å². The average Bonchev–Trinajstić information content (AvgIpc) is 3.58. The third-order valence-electron chi connectivity index (χ3n) is 9.72. The molecule has 0 spiro atoms. The summed E-state index contributed by atoms with van der Waals surface area (Å²) in [6.07, 6.45) is 3.87. The first kappa shape index (κ1) is 38.0. The molecular weight excluding hydrogens is 662 g/mol. The molecule has 0 saturated heterocycles. The van der Waals surface area contributed by atoms with Gasteiger partial charge in [0.25, 0.3) is 0 Å². The first-order chi connectivity index (χ1) is 25.2. The number of carbonyl (C=O) groups is 4. The Morgan fingerprint density at radius 2 is 1.54 bits per heavy atom. The number of nitrogens with zero attached hydrogens (tertiary/aromatic N) is 1. The number of fused-ring (bicyclic) bond motifs is 2. The Balaban J connectivity index is 1.34. The number of ether oxygens (including phenoxy) is 3. The third kappa shape index (κ3) is 9.77. The van der Waals surface area contributed by atoms with Gasteiger partial charge in [-0.15, -0.1) is 0 Å². The number of aryl methyl sites for hydroxylation is 1. The second-order valence-corrected chi connectivity index (χ2v) is 13.1. The number of benzene rings is 3. The van der Waals surface area contributed by atoms with E-state index in [1.54, 1.807) is 13.1 Å². The van der Waals surface area contributed by atoms with Crippen molar-refractivity contribution in [3.05, 3.63) is 107 Å². The minimum absolute atomic E-state index is 0.0485. The minimum atomic E-state index is -1.09. The summed E-state index contributed by atoms with van der Waals surface area (Å²) in [6, 6.07) is 21.8. The van der Waals surface area contributed by atoms with Crippen LogP contribution in [0.5, 0.6) is 0 Å². The molecule has 0 saturated carbocycles. The lowest BCUT2D eigenvalue weighted by Crippen LogP contribution is -2.57. The molecule has 4 N–H and O–H groups in total. The van der Waals surface area contributed by atoms with E-state index in [4.69, 9.17) is 14.2 Å². The van der Waals surface area contributed by atoms with Crippen LogP contribution >= 0.6 is 0 Å². The summed E-state index contributed by atoms with van der Waals surface area (Å²) < 4.78 is 16.2. The van der Waals surface area contributed by atoms with Crippen LogP contribution in [-0.4, -0.2) is 79.4 Å². The minimum Gasteiger partial charge on any atom is -0.445 e.